The summed E-state index contributed by atoms with van der Waals surface area (Å²) in [5.41, 5.74) is 2.64. The number of hydrogen-bond donors (Lipinski definition) is 1. The highest BCUT2D eigenvalue weighted by molar-refractivity contribution is 5.75. The molecular weight excluding hydrogens is 435 g/mol. The SMILES string of the molecule is COc1ccc(OC)c(-c2cc3c(cc2F)C(NC(=O)O[C@H]2CN4CCC2CC4)C(C)(C)C3)c1. The second-order valence-corrected chi connectivity index (χ2v) is 10.4. The fourth-order valence-electron chi connectivity index (χ4n) is 5.91. The van der Waals surface area contributed by atoms with Gasteiger partial charge in [0, 0.05) is 17.7 Å². The molecule has 3 fully saturated rings. The lowest BCUT2D eigenvalue weighted by Gasteiger charge is -2.44. The highest BCUT2D eigenvalue weighted by Crippen LogP contribution is 2.48. The molecule has 182 valence electrons. The number of nitrogens with one attached hydrogen (secondary N) is 1. The quantitative estimate of drug-likeness (QED) is 0.673. The van der Waals surface area contributed by atoms with Crippen LogP contribution < -0.4 is 14.8 Å². The van der Waals surface area contributed by atoms with E-state index in [1.54, 1.807) is 38.5 Å². The summed E-state index contributed by atoms with van der Waals surface area (Å²) in [6.45, 7) is 7.18. The smallest absolute Gasteiger partial charge is 0.407 e. The number of hydrogen-bond acceptors (Lipinski definition) is 5. The Kier molecular flexibility index (Phi) is 5.92. The number of carbonyl (C=O) groups is 1. The van der Waals surface area contributed by atoms with Gasteiger partial charge in [0.1, 0.15) is 23.4 Å². The van der Waals surface area contributed by atoms with Crippen LogP contribution in [0.5, 0.6) is 11.5 Å². The molecule has 3 heterocycles. The first-order valence-electron chi connectivity index (χ1n) is 12.0. The average molecular weight is 469 g/mol. The van der Waals surface area contributed by atoms with Gasteiger partial charge < -0.3 is 19.5 Å². The fraction of sp³-hybridized carbons (Fsp3) is 0.519. The Morgan fingerprint density at radius 2 is 1.85 bits per heavy atom. The molecule has 0 radical (unpaired) electrons. The lowest BCUT2D eigenvalue weighted by Crippen LogP contribution is -2.53. The molecule has 4 aliphatic rings. The lowest BCUT2D eigenvalue weighted by atomic mass is 9.85. The van der Waals surface area contributed by atoms with Gasteiger partial charge in [-0.15, -0.1) is 0 Å². The van der Waals surface area contributed by atoms with E-state index in [-0.39, 0.29) is 23.4 Å². The molecule has 2 atom stereocenters. The molecule has 0 spiro atoms. The third-order valence-corrected chi connectivity index (χ3v) is 7.78. The van der Waals surface area contributed by atoms with Gasteiger partial charge in [-0.1, -0.05) is 13.8 Å². The third-order valence-electron chi connectivity index (χ3n) is 7.78. The number of rotatable bonds is 5. The number of piperidine rings is 3. The lowest BCUT2D eigenvalue weighted by molar-refractivity contribution is -0.0349. The molecule has 2 aromatic carbocycles. The summed E-state index contributed by atoms with van der Waals surface area (Å²) in [5.74, 6) is 1.29. The summed E-state index contributed by atoms with van der Waals surface area (Å²) in [7, 11) is 3.15. The second kappa shape index (κ2) is 8.77. The molecule has 0 saturated carbocycles. The fourth-order valence-corrected chi connectivity index (χ4v) is 5.91. The molecule has 1 aliphatic carbocycles. The molecule has 1 amide bonds. The normalized spacial score (nSPS) is 26.6. The van der Waals surface area contributed by atoms with Crippen LogP contribution >= 0.6 is 0 Å². The van der Waals surface area contributed by atoms with Crippen molar-refractivity contribution in [2.75, 3.05) is 33.9 Å². The summed E-state index contributed by atoms with van der Waals surface area (Å²) in [6, 6.07) is 8.45. The zero-order valence-electron chi connectivity index (χ0n) is 20.3. The highest BCUT2D eigenvalue weighted by atomic mass is 19.1. The van der Waals surface area contributed by atoms with Crippen LogP contribution in [0.15, 0.2) is 30.3 Å². The van der Waals surface area contributed by atoms with E-state index in [9.17, 15) is 4.79 Å². The Hall–Kier alpha value is -2.80. The number of carbonyl (C=O) groups excluding carboxylic acids is 1. The first-order valence-corrected chi connectivity index (χ1v) is 12.0. The molecule has 1 unspecified atom stereocenters. The summed E-state index contributed by atoms with van der Waals surface area (Å²) < 4.78 is 32.2. The summed E-state index contributed by atoms with van der Waals surface area (Å²) in [4.78, 5) is 15.3. The highest BCUT2D eigenvalue weighted by Gasteiger charge is 2.42. The van der Waals surface area contributed by atoms with E-state index in [1.165, 1.54) is 0 Å². The van der Waals surface area contributed by atoms with Gasteiger partial charge >= 0.3 is 6.09 Å². The van der Waals surface area contributed by atoms with Crippen LogP contribution in [0.1, 0.15) is 43.9 Å². The van der Waals surface area contributed by atoms with Crippen molar-refractivity contribution in [1.82, 2.24) is 10.2 Å². The second-order valence-electron chi connectivity index (χ2n) is 10.4. The van der Waals surface area contributed by atoms with Gasteiger partial charge in [-0.2, -0.15) is 0 Å². The Bertz CT molecular complexity index is 1090. The topological polar surface area (TPSA) is 60.0 Å². The monoisotopic (exact) mass is 468 g/mol. The van der Waals surface area contributed by atoms with E-state index >= 15 is 4.39 Å². The molecule has 1 N–H and O–H groups in total. The molecule has 6 rings (SSSR count). The molecule has 34 heavy (non-hydrogen) atoms. The van der Waals surface area contributed by atoms with Crippen LogP contribution in [0, 0.1) is 17.2 Å². The predicted octanol–water partition coefficient (Wildman–Crippen LogP) is 4.95. The van der Waals surface area contributed by atoms with Gasteiger partial charge in [0.15, 0.2) is 0 Å². The van der Waals surface area contributed by atoms with E-state index in [1.807, 2.05) is 6.07 Å². The summed E-state index contributed by atoms with van der Waals surface area (Å²) in [6.07, 6.45) is 2.40. The molecule has 0 aromatic heterocycles. The molecule has 3 saturated heterocycles. The Balaban J connectivity index is 1.40. The first kappa shape index (κ1) is 23.0. The largest absolute Gasteiger partial charge is 0.497 e. The molecular formula is C27H33FN2O4. The number of fused-ring (bicyclic) bond motifs is 4. The van der Waals surface area contributed by atoms with Crippen molar-refractivity contribution >= 4 is 6.09 Å². The molecule has 6 nitrogen and oxygen atoms in total. The minimum absolute atomic E-state index is 0.0638. The summed E-state index contributed by atoms with van der Waals surface area (Å²) >= 11 is 0. The molecule has 2 bridgehead atoms. The van der Waals surface area contributed by atoms with Gasteiger partial charge in [0.25, 0.3) is 0 Å². The van der Waals surface area contributed by atoms with E-state index in [0.717, 1.165) is 43.6 Å². The van der Waals surface area contributed by atoms with E-state index in [2.05, 4.69) is 24.1 Å². The minimum Gasteiger partial charge on any atom is -0.497 e. The molecule has 7 heteroatoms. The maximum absolute atomic E-state index is 15.5. The number of alkyl carbamates (subject to hydrolysis) is 1. The van der Waals surface area contributed by atoms with Crippen molar-refractivity contribution in [2.45, 2.75) is 45.3 Å². The standard InChI is InChI=1S/C27H33FN2O4/c1-27(2)14-17-11-20(21-12-18(32-3)5-6-23(21)33-4)22(28)13-19(17)25(27)29-26(31)34-24-15-30-9-7-16(24)8-10-30/h5-6,11-13,16,24-25H,7-10,14-15H2,1-4H3,(H,29,31)/t24-,25?/m0/s1. The first-order chi connectivity index (χ1) is 16.3. The van der Waals surface area contributed by atoms with Crippen LogP contribution in [0.25, 0.3) is 11.1 Å². The predicted molar refractivity (Wildman–Crippen MR) is 128 cm³/mol. The van der Waals surface area contributed by atoms with Gasteiger partial charge in [-0.25, -0.2) is 9.18 Å². The number of ether oxygens (including phenoxy) is 3. The van der Waals surface area contributed by atoms with E-state index < -0.39 is 6.09 Å². The van der Waals surface area contributed by atoms with Crippen LogP contribution in [0.2, 0.25) is 0 Å². The number of benzene rings is 2. The van der Waals surface area contributed by atoms with Crippen molar-refractivity contribution in [3.8, 4) is 22.6 Å². The van der Waals surface area contributed by atoms with E-state index in [4.69, 9.17) is 14.2 Å². The van der Waals surface area contributed by atoms with Crippen molar-refractivity contribution < 1.29 is 23.4 Å². The number of amides is 1. The Morgan fingerprint density at radius 1 is 1.09 bits per heavy atom. The van der Waals surface area contributed by atoms with Crippen molar-refractivity contribution in [3.63, 3.8) is 0 Å². The summed E-state index contributed by atoms with van der Waals surface area (Å²) in [5, 5.41) is 3.07. The van der Waals surface area contributed by atoms with Crippen LogP contribution in [0.4, 0.5) is 9.18 Å². The van der Waals surface area contributed by atoms with Crippen molar-refractivity contribution in [1.29, 1.82) is 0 Å². The average Bonchev–Trinajstić information content (AvgIpc) is 3.07. The minimum atomic E-state index is -0.413. The molecule has 3 aliphatic heterocycles. The van der Waals surface area contributed by atoms with Crippen LogP contribution in [0.3, 0.4) is 0 Å². The third kappa shape index (κ3) is 4.11. The Morgan fingerprint density at radius 3 is 2.50 bits per heavy atom. The Labute approximate surface area is 200 Å². The number of halogens is 1. The zero-order valence-corrected chi connectivity index (χ0v) is 20.3. The van der Waals surface area contributed by atoms with Gasteiger partial charge in [0.2, 0.25) is 0 Å². The van der Waals surface area contributed by atoms with E-state index in [0.29, 0.717) is 35.0 Å². The number of nitrogens with zero attached hydrogens (tertiary/aromatic N) is 1. The van der Waals surface area contributed by atoms with Gasteiger partial charge in [-0.05, 0) is 85.1 Å². The van der Waals surface area contributed by atoms with Crippen molar-refractivity contribution in [2.24, 2.45) is 11.3 Å². The molecule has 2 aromatic rings. The van der Waals surface area contributed by atoms with Crippen LogP contribution in [-0.2, 0) is 11.2 Å². The van der Waals surface area contributed by atoms with Crippen LogP contribution in [-0.4, -0.2) is 51.0 Å². The van der Waals surface area contributed by atoms with Gasteiger partial charge in [-0.3, -0.25) is 4.90 Å². The maximum Gasteiger partial charge on any atom is 0.407 e. The number of methoxy groups -OCH3 is 2. The maximum atomic E-state index is 15.5. The van der Waals surface area contributed by atoms with Gasteiger partial charge in [0.05, 0.1) is 20.3 Å². The van der Waals surface area contributed by atoms with Crippen molar-refractivity contribution in [3.05, 3.63) is 47.3 Å². The zero-order chi connectivity index (χ0) is 24.0.